The smallest absolute Gasteiger partial charge is 0.338 e. The number of halogens is 1. The summed E-state index contributed by atoms with van der Waals surface area (Å²) in [6.45, 7) is 9.19. The highest BCUT2D eigenvalue weighted by Crippen LogP contribution is 2.40. The van der Waals surface area contributed by atoms with E-state index in [4.69, 9.17) is 35.9 Å². The van der Waals surface area contributed by atoms with E-state index in [9.17, 15) is 4.79 Å². The van der Waals surface area contributed by atoms with Crippen LogP contribution < -0.4 is 14.8 Å². The summed E-state index contributed by atoms with van der Waals surface area (Å²) >= 11 is 7.84. The van der Waals surface area contributed by atoms with E-state index < -0.39 is 6.04 Å². The summed E-state index contributed by atoms with van der Waals surface area (Å²) < 4.78 is 19.1. The van der Waals surface area contributed by atoms with Gasteiger partial charge in [-0.3, -0.25) is 0 Å². The molecule has 0 spiro atoms. The third-order valence-corrected chi connectivity index (χ3v) is 7.81. The minimum absolute atomic E-state index is 0.355. The van der Waals surface area contributed by atoms with E-state index in [1.165, 1.54) is 11.8 Å². The van der Waals surface area contributed by atoms with Gasteiger partial charge in [0.25, 0.3) is 0 Å². The predicted molar refractivity (Wildman–Crippen MR) is 159 cm³/mol. The molecule has 40 heavy (non-hydrogen) atoms. The van der Waals surface area contributed by atoms with Gasteiger partial charge in [-0.1, -0.05) is 74.8 Å². The lowest BCUT2D eigenvalue weighted by Crippen LogP contribution is -2.29. The fraction of sp³-hybridized carbons (Fsp3) is 0.433. The van der Waals surface area contributed by atoms with E-state index in [0.717, 1.165) is 30.4 Å². The molecule has 8 nitrogen and oxygen atoms in total. The second-order valence-corrected chi connectivity index (χ2v) is 11.4. The molecule has 0 bridgehead atoms. The molecule has 1 aliphatic rings. The fourth-order valence-electron chi connectivity index (χ4n) is 4.29. The molecule has 1 unspecified atom stereocenters. The number of benzene rings is 2. The first-order valence-corrected chi connectivity index (χ1v) is 15.0. The summed E-state index contributed by atoms with van der Waals surface area (Å²) in [5.74, 6) is 2.55. The Kier molecular flexibility index (Phi) is 10.4. The van der Waals surface area contributed by atoms with E-state index in [1.807, 2.05) is 49.4 Å². The lowest BCUT2D eigenvalue weighted by Gasteiger charge is -2.28. The zero-order valence-electron chi connectivity index (χ0n) is 23.7. The van der Waals surface area contributed by atoms with Gasteiger partial charge in [0.1, 0.15) is 6.04 Å². The maximum absolute atomic E-state index is 13.4. The van der Waals surface area contributed by atoms with E-state index in [1.54, 1.807) is 11.8 Å². The number of carbonyl (C=O) groups is 1. The number of unbranched alkanes of at least 4 members (excludes halogenated alkanes) is 1. The molecule has 0 aliphatic carbocycles. The van der Waals surface area contributed by atoms with Gasteiger partial charge in [0.15, 0.2) is 11.5 Å². The molecule has 0 radical (unpaired) electrons. The fourth-order valence-corrected chi connectivity index (χ4v) is 5.40. The van der Waals surface area contributed by atoms with Crippen molar-refractivity contribution in [1.82, 2.24) is 14.8 Å². The molecule has 1 aromatic heterocycles. The van der Waals surface area contributed by atoms with Crippen LogP contribution in [0.3, 0.4) is 0 Å². The molecule has 3 aromatic rings. The summed E-state index contributed by atoms with van der Waals surface area (Å²) in [7, 11) is 1.61. The molecule has 2 heterocycles. The van der Waals surface area contributed by atoms with Crippen molar-refractivity contribution in [3.05, 3.63) is 69.9 Å². The number of allylic oxidation sites excluding steroid dienone is 1. The molecule has 1 aliphatic heterocycles. The Labute approximate surface area is 245 Å². The second-order valence-electron chi connectivity index (χ2n) is 10.0. The largest absolute Gasteiger partial charge is 0.493 e. The van der Waals surface area contributed by atoms with Crippen LogP contribution in [0.15, 0.2) is 58.9 Å². The van der Waals surface area contributed by atoms with Crippen molar-refractivity contribution < 1.29 is 19.0 Å². The average molecular weight is 585 g/mol. The van der Waals surface area contributed by atoms with Gasteiger partial charge >= 0.3 is 5.97 Å². The normalized spacial score (nSPS) is 14.6. The minimum Gasteiger partial charge on any atom is -0.493 e. The number of rotatable bonds is 13. The Balaban J connectivity index is 1.68. The molecule has 4 rings (SSSR count). The van der Waals surface area contributed by atoms with Crippen molar-refractivity contribution in [2.24, 2.45) is 5.92 Å². The number of nitrogens with zero attached hydrogens (tertiary/aromatic N) is 3. The van der Waals surface area contributed by atoms with Crippen LogP contribution in [0.4, 0.5) is 5.95 Å². The number of methoxy groups -OCH3 is 1. The number of hydrogen-bond donors (Lipinski definition) is 1. The summed E-state index contributed by atoms with van der Waals surface area (Å²) in [6, 6.07) is 12.9. The highest BCUT2D eigenvalue weighted by atomic mass is 35.5. The number of thioether (sulfide) groups is 1. The van der Waals surface area contributed by atoms with Crippen LogP contribution >= 0.6 is 23.4 Å². The van der Waals surface area contributed by atoms with E-state index in [2.05, 4.69) is 26.1 Å². The lowest BCUT2D eigenvalue weighted by atomic mass is 9.95. The zero-order chi connectivity index (χ0) is 28.6. The van der Waals surface area contributed by atoms with Gasteiger partial charge in [-0.2, -0.15) is 4.98 Å². The third kappa shape index (κ3) is 7.12. The standard InChI is InChI=1S/C30H37ClN4O4S/c1-6-7-15-39-28(36)26-20(4)32-29-33-30(40-18-22-10-8-9-11-23(22)31)34-35(29)27(26)21-12-13-24(25(17-21)37-5)38-16-14-19(2)3/h8-13,17,19,27H,6-7,14-16,18H2,1-5H3,(H,32,33,34). The Hall–Kier alpha value is -3.17. The number of anilines is 1. The van der Waals surface area contributed by atoms with E-state index in [0.29, 0.717) is 63.8 Å². The topological polar surface area (TPSA) is 87.5 Å². The number of nitrogens with one attached hydrogen (secondary N) is 1. The molecular formula is C30H37ClN4O4S. The first kappa shape index (κ1) is 29.8. The highest BCUT2D eigenvalue weighted by molar-refractivity contribution is 7.98. The maximum atomic E-state index is 13.4. The van der Waals surface area contributed by atoms with Crippen molar-refractivity contribution in [3.8, 4) is 11.5 Å². The third-order valence-electron chi connectivity index (χ3n) is 6.55. The molecule has 0 saturated carbocycles. The van der Waals surface area contributed by atoms with E-state index >= 15 is 0 Å². The Bertz CT molecular complexity index is 1360. The van der Waals surface area contributed by atoms with Crippen molar-refractivity contribution in [3.63, 3.8) is 0 Å². The van der Waals surface area contributed by atoms with Crippen LogP contribution in [0.2, 0.25) is 5.02 Å². The van der Waals surface area contributed by atoms with Crippen LogP contribution in [-0.4, -0.2) is 41.1 Å². The molecular weight excluding hydrogens is 548 g/mol. The van der Waals surface area contributed by atoms with Gasteiger partial charge in [0.05, 0.1) is 25.9 Å². The molecule has 214 valence electrons. The lowest BCUT2D eigenvalue weighted by molar-refractivity contribution is -0.139. The summed E-state index contributed by atoms with van der Waals surface area (Å²) in [6.07, 6.45) is 2.66. The molecule has 1 atom stereocenters. The molecule has 10 heteroatoms. The molecule has 0 fully saturated rings. The molecule has 2 aromatic carbocycles. The summed E-state index contributed by atoms with van der Waals surface area (Å²) in [5, 5.41) is 9.35. The highest BCUT2D eigenvalue weighted by Gasteiger charge is 2.36. The van der Waals surface area contributed by atoms with Gasteiger partial charge in [0, 0.05) is 16.5 Å². The summed E-state index contributed by atoms with van der Waals surface area (Å²) in [5.41, 5.74) is 2.96. The summed E-state index contributed by atoms with van der Waals surface area (Å²) in [4.78, 5) is 18.1. The van der Waals surface area contributed by atoms with Gasteiger partial charge in [0.2, 0.25) is 11.1 Å². The predicted octanol–water partition coefficient (Wildman–Crippen LogP) is 7.29. The van der Waals surface area contributed by atoms with Gasteiger partial charge < -0.3 is 19.5 Å². The number of hydrogen-bond acceptors (Lipinski definition) is 8. The maximum Gasteiger partial charge on any atom is 0.338 e. The Morgan fingerprint density at radius 2 is 1.98 bits per heavy atom. The van der Waals surface area contributed by atoms with Gasteiger partial charge in [-0.15, -0.1) is 5.10 Å². The Morgan fingerprint density at radius 1 is 1.18 bits per heavy atom. The monoisotopic (exact) mass is 584 g/mol. The second kappa shape index (κ2) is 13.9. The molecule has 0 saturated heterocycles. The van der Waals surface area contributed by atoms with Crippen LogP contribution in [0.25, 0.3) is 0 Å². The first-order valence-electron chi connectivity index (χ1n) is 13.6. The van der Waals surface area contributed by atoms with Crippen molar-refractivity contribution in [2.45, 2.75) is 63.9 Å². The minimum atomic E-state index is -0.564. The number of carbonyl (C=O) groups excluding carboxylic acids is 1. The van der Waals surface area contributed by atoms with Crippen molar-refractivity contribution in [1.29, 1.82) is 0 Å². The average Bonchev–Trinajstić information content (AvgIpc) is 3.34. The van der Waals surface area contributed by atoms with Crippen molar-refractivity contribution in [2.75, 3.05) is 25.6 Å². The quantitative estimate of drug-likeness (QED) is 0.127. The van der Waals surface area contributed by atoms with Crippen LogP contribution in [0, 0.1) is 5.92 Å². The van der Waals surface area contributed by atoms with E-state index in [-0.39, 0.29) is 5.97 Å². The van der Waals surface area contributed by atoms with Crippen LogP contribution in [-0.2, 0) is 15.3 Å². The molecule has 1 N–H and O–H groups in total. The van der Waals surface area contributed by atoms with Crippen LogP contribution in [0.1, 0.15) is 64.1 Å². The number of fused-ring (bicyclic) bond motifs is 1. The Morgan fingerprint density at radius 3 is 2.70 bits per heavy atom. The van der Waals surface area contributed by atoms with Crippen molar-refractivity contribution >= 4 is 35.3 Å². The first-order chi connectivity index (χ1) is 19.3. The zero-order valence-corrected chi connectivity index (χ0v) is 25.3. The molecule has 0 amide bonds. The van der Waals surface area contributed by atoms with Gasteiger partial charge in [-0.05, 0) is 55.0 Å². The number of esters is 1. The van der Waals surface area contributed by atoms with Crippen LogP contribution in [0.5, 0.6) is 11.5 Å². The number of aromatic nitrogens is 3. The SMILES string of the molecule is CCCCOC(=O)C1=C(C)Nc2nc(SCc3ccccc3Cl)nn2C1c1ccc(OCCC(C)C)c(OC)c1. The number of ether oxygens (including phenoxy) is 3. The van der Waals surface area contributed by atoms with Gasteiger partial charge in [-0.25, -0.2) is 9.48 Å².